The third-order valence-corrected chi connectivity index (χ3v) is 13.6. The van der Waals surface area contributed by atoms with Gasteiger partial charge in [-0.1, -0.05) is 0 Å². The van der Waals surface area contributed by atoms with Gasteiger partial charge < -0.3 is 0 Å². The zero-order valence-electron chi connectivity index (χ0n) is 23.1. The topological polar surface area (TPSA) is 87.2 Å². The van der Waals surface area contributed by atoms with E-state index in [1.807, 2.05) is 24.3 Å². The van der Waals surface area contributed by atoms with Gasteiger partial charge in [0, 0.05) is 0 Å². The normalized spacial score (nSPS) is 24.4. The van der Waals surface area contributed by atoms with Gasteiger partial charge in [-0.3, -0.25) is 0 Å². The molecule has 0 aromatic heterocycles. The third-order valence-electron chi connectivity index (χ3n) is 8.58. The van der Waals surface area contributed by atoms with Gasteiger partial charge in [-0.15, -0.1) is 0 Å². The van der Waals surface area contributed by atoms with E-state index in [1.54, 1.807) is 20.2 Å². The quantitative estimate of drug-likeness (QED) is 0.343. The van der Waals surface area contributed by atoms with Crippen LogP contribution >= 0.6 is 0 Å². The average molecular weight is 625 g/mol. The predicted molar refractivity (Wildman–Crippen MR) is 160 cm³/mol. The number of aliphatic carboxylic acids is 1. The number of carboxylic acids is 1. The summed E-state index contributed by atoms with van der Waals surface area (Å²) in [7, 11) is -0.208. The molecule has 3 fully saturated rings. The number of benzene rings is 3. The van der Waals surface area contributed by atoms with Crippen LogP contribution in [0, 0.1) is 11.8 Å². The van der Waals surface area contributed by atoms with Crippen LogP contribution in [0.4, 0.5) is 5.69 Å². The van der Waals surface area contributed by atoms with E-state index in [0.29, 0.717) is 12.2 Å². The molecule has 3 heterocycles. The van der Waals surface area contributed by atoms with E-state index in [9.17, 15) is 18.3 Å². The summed E-state index contributed by atoms with van der Waals surface area (Å²) in [5.41, 5.74) is 4.09. The second kappa shape index (κ2) is 12.0. The van der Waals surface area contributed by atoms with E-state index in [2.05, 4.69) is 53.4 Å². The molecule has 3 saturated heterocycles. The summed E-state index contributed by atoms with van der Waals surface area (Å²) in [4.78, 5) is 14.8. The van der Waals surface area contributed by atoms with Crippen LogP contribution in [0.3, 0.4) is 0 Å². The molecule has 0 radical (unpaired) electrons. The Morgan fingerprint density at radius 2 is 1.70 bits per heavy atom. The molecular formula is C31H37AsN2O5S. The SMILES string of the molecule is COc1ccc(N(C)S(C)(=O)=O)cc1C[AsH][C@H]1[C@H]2CCN(C[C@@H]2C(=O)O)[C@H]1C(c1ccccc1)c1ccccc1. The molecule has 1 N–H and O–H groups in total. The molecule has 2 bridgehead atoms. The first-order valence-corrected chi connectivity index (χ1v) is 18.1. The minimum absolute atomic E-state index is 0.121. The Morgan fingerprint density at radius 3 is 2.25 bits per heavy atom. The Morgan fingerprint density at radius 1 is 1.07 bits per heavy atom. The Kier molecular flexibility index (Phi) is 8.60. The number of piperidine rings is 3. The zero-order chi connectivity index (χ0) is 28.4. The standard InChI is InChI=1S/C31H37AsN2O5S/c1-33(40(3,37)38)24-14-15-27(39-2)23(18-24)19-32-29-25-16-17-34(20-26(25)31(35)36)30(29)28(21-10-6-4-7-11-21)22-12-8-5-9-13-22/h4-15,18,25-26,28-30,32H,16-17,19-20H2,1-3H3,(H,35,36)/t25-,26-,29-,30-/m0/s1. The molecule has 2 unspecified atom stereocenters. The molecule has 6 atom stereocenters. The van der Waals surface area contributed by atoms with Crippen molar-refractivity contribution in [2.24, 2.45) is 11.8 Å². The van der Waals surface area contributed by atoms with Gasteiger partial charge in [0.2, 0.25) is 0 Å². The summed E-state index contributed by atoms with van der Waals surface area (Å²) in [6, 6.07) is 26.9. The first-order valence-electron chi connectivity index (χ1n) is 13.6. The van der Waals surface area contributed by atoms with Crippen molar-refractivity contribution < 1.29 is 23.1 Å². The fourth-order valence-electron chi connectivity index (χ4n) is 6.55. The molecule has 0 spiro atoms. The first kappa shape index (κ1) is 28.7. The Bertz CT molecular complexity index is 1400. The van der Waals surface area contributed by atoms with E-state index in [-0.39, 0.29) is 28.5 Å². The van der Waals surface area contributed by atoms with Crippen LogP contribution in [0.5, 0.6) is 5.75 Å². The second-order valence-electron chi connectivity index (χ2n) is 10.8. The fourth-order valence-corrected chi connectivity index (χ4v) is 11.4. The van der Waals surface area contributed by atoms with Crippen molar-refractivity contribution >= 4 is 37.4 Å². The van der Waals surface area contributed by atoms with Crippen LogP contribution in [-0.4, -0.2) is 79.7 Å². The van der Waals surface area contributed by atoms with Crippen molar-refractivity contribution in [2.45, 2.75) is 28.3 Å². The van der Waals surface area contributed by atoms with Gasteiger partial charge in [-0.05, 0) is 0 Å². The average Bonchev–Trinajstić information content (AvgIpc) is 2.97. The van der Waals surface area contributed by atoms with E-state index in [1.165, 1.54) is 21.7 Å². The molecule has 40 heavy (non-hydrogen) atoms. The van der Waals surface area contributed by atoms with E-state index >= 15 is 0 Å². The van der Waals surface area contributed by atoms with Gasteiger partial charge >= 0.3 is 245 Å². The monoisotopic (exact) mass is 624 g/mol. The molecule has 6 rings (SSSR count). The molecule has 0 aliphatic carbocycles. The van der Waals surface area contributed by atoms with Gasteiger partial charge in [0.05, 0.1) is 0 Å². The van der Waals surface area contributed by atoms with Crippen LogP contribution in [0.1, 0.15) is 29.0 Å². The minimum atomic E-state index is -3.40. The molecule has 7 nitrogen and oxygen atoms in total. The van der Waals surface area contributed by atoms with Gasteiger partial charge in [-0.2, -0.15) is 0 Å². The Labute approximate surface area is 243 Å². The van der Waals surface area contributed by atoms with Crippen molar-refractivity contribution in [3.63, 3.8) is 0 Å². The summed E-state index contributed by atoms with van der Waals surface area (Å²) in [6.07, 6.45) is 2.09. The zero-order valence-corrected chi connectivity index (χ0v) is 26.0. The van der Waals surface area contributed by atoms with Crippen LogP contribution in [0.15, 0.2) is 78.9 Å². The van der Waals surface area contributed by atoms with Gasteiger partial charge in [0.15, 0.2) is 0 Å². The van der Waals surface area contributed by atoms with Gasteiger partial charge in [0.1, 0.15) is 0 Å². The van der Waals surface area contributed by atoms with Crippen molar-refractivity contribution in [1.82, 2.24) is 4.90 Å². The number of carbonyl (C=O) groups is 1. The molecule has 0 saturated carbocycles. The number of hydrogen-bond acceptors (Lipinski definition) is 5. The molecule has 0 amide bonds. The van der Waals surface area contributed by atoms with Crippen molar-refractivity contribution in [1.29, 1.82) is 0 Å². The van der Waals surface area contributed by atoms with E-state index in [0.717, 1.165) is 29.5 Å². The fraction of sp³-hybridized carbons (Fsp3) is 0.387. The maximum absolute atomic E-state index is 12.4. The van der Waals surface area contributed by atoms with Gasteiger partial charge in [0.25, 0.3) is 0 Å². The number of fused-ring (bicyclic) bond motifs is 3. The summed E-state index contributed by atoms with van der Waals surface area (Å²) in [6.45, 7) is 1.50. The molecule has 9 heteroatoms. The van der Waals surface area contributed by atoms with Crippen LogP contribution < -0.4 is 9.04 Å². The Balaban J connectivity index is 1.54. The van der Waals surface area contributed by atoms with Gasteiger partial charge in [-0.25, -0.2) is 0 Å². The van der Waals surface area contributed by atoms with Crippen LogP contribution in [0.2, 0.25) is 4.71 Å². The summed E-state index contributed by atoms with van der Waals surface area (Å²) < 4.78 is 31.7. The predicted octanol–water partition coefficient (Wildman–Crippen LogP) is 4.05. The van der Waals surface area contributed by atoms with Crippen LogP contribution in [0.25, 0.3) is 0 Å². The summed E-state index contributed by atoms with van der Waals surface area (Å²) in [5, 5.41) is 11.0. The van der Waals surface area contributed by atoms with Crippen molar-refractivity contribution in [3.05, 3.63) is 95.6 Å². The number of carboxylic acid groups (broad SMARTS) is 1. The van der Waals surface area contributed by atoms with E-state index in [4.69, 9.17) is 4.74 Å². The van der Waals surface area contributed by atoms with Crippen molar-refractivity contribution in [3.8, 4) is 5.75 Å². The molecule has 3 aromatic carbocycles. The third kappa shape index (κ3) is 5.81. The van der Waals surface area contributed by atoms with E-state index < -0.39 is 31.7 Å². The number of anilines is 1. The maximum atomic E-state index is 12.4. The molecule has 3 aromatic rings. The molecule has 3 aliphatic heterocycles. The first-order chi connectivity index (χ1) is 19.2. The molecular weight excluding hydrogens is 587 g/mol. The molecule has 212 valence electrons. The number of methoxy groups -OCH3 is 1. The van der Waals surface area contributed by atoms with Crippen molar-refractivity contribution in [2.75, 3.05) is 37.8 Å². The number of sulfonamides is 1. The second-order valence-corrected chi connectivity index (χ2v) is 15.8. The summed E-state index contributed by atoms with van der Waals surface area (Å²) in [5.74, 6) is -0.0658. The number of hydrogen-bond donors (Lipinski definition) is 1. The van der Waals surface area contributed by atoms with Crippen LogP contribution in [-0.2, 0) is 20.0 Å². The Hall–Kier alpha value is -2.80. The number of rotatable bonds is 10. The number of ether oxygens (including phenoxy) is 1. The summed E-state index contributed by atoms with van der Waals surface area (Å²) >= 11 is -0.717. The molecule has 3 aliphatic rings. The number of nitrogens with zero attached hydrogens (tertiary/aromatic N) is 2.